The van der Waals surface area contributed by atoms with Gasteiger partial charge in [0.1, 0.15) is 5.52 Å². The Balaban J connectivity index is 1.66. The molecule has 2 heterocycles. The Hall–Kier alpha value is -2.83. The fraction of sp³-hybridized carbons (Fsp3) is 0.227. The highest BCUT2D eigenvalue weighted by molar-refractivity contribution is 6.39. The largest absolute Gasteiger partial charge is 0.480 e. The summed E-state index contributed by atoms with van der Waals surface area (Å²) in [5.74, 6) is -0.131. The van der Waals surface area contributed by atoms with Crippen molar-refractivity contribution >= 4 is 57.3 Å². The number of aryl methyl sites for hydroxylation is 1. The molecule has 1 aliphatic heterocycles. The average Bonchev–Trinajstić information content (AvgIpc) is 2.81. The van der Waals surface area contributed by atoms with Crippen LogP contribution in [0.1, 0.15) is 19.0 Å². The number of benzene rings is 2. The van der Waals surface area contributed by atoms with Gasteiger partial charge in [0.15, 0.2) is 12.4 Å². The lowest BCUT2D eigenvalue weighted by molar-refractivity contribution is -0.121. The van der Waals surface area contributed by atoms with E-state index >= 15 is 0 Å². The molecule has 0 saturated carbocycles. The molecule has 0 saturated heterocycles. The van der Waals surface area contributed by atoms with E-state index in [9.17, 15) is 9.59 Å². The molecule has 2 aromatic carbocycles. The number of rotatable bonds is 3. The molecule has 6 nitrogen and oxygen atoms in total. The first-order chi connectivity index (χ1) is 14.3. The van der Waals surface area contributed by atoms with E-state index in [4.69, 9.17) is 27.9 Å². The van der Waals surface area contributed by atoms with E-state index in [1.165, 1.54) is 0 Å². The number of carbonyl (C=O) groups is 2. The number of anilines is 2. The number of hydrogen-bond donors (Lipinski definition) is 1. The zero-order chi connectivity index (χ0) is 21.4. The van der Waals surface area contributed by atoms with Crippen LogP contribution in [0.4, 0.5) is 11.4 Å². The Bertz CT molecular complexity index is 1170. The summed E-state index contributed by atoms with van der Waals surface area (Å²) in [5.41, 5.74) is 2.50. The molecule has 3 aromatic rings. The summed E-state index contributed by atoms with van der Waals surface area (Å²) in [5, 5.41) is 4.27. The van der Waals surface area contributed by atoms with Gasteiger partial charge < -0.3 is 15.0 Å². The van der Waals surface area contributed by atoms with E-state index < -0.39 is 0 Å². The maximum atomic E-state index is 13.2. The standard InChI is InChI=1S/C22H19Cl2N3O3/c1-12-7-8-14-15(23)10-16(24)22(21(14)25-12)30-11-20(29)27-13(2)9-19(28)26-17-5-3-4-6-18(17)27/h3-8,10,13H,9,11H2,1-2H3,(H,26,28). The van der Waals surface area contributed by atoms with Crippen LogP contribution in [-0.4, -0.2) is 29.4 Å². The number of amides is 2. The molecule has 0 aliphatic carbocycles. The third-order valence-corrected chi connectivity index (χ3v) is 5.54. The molecule has 1 N–H and O–H groups in total. The number of ether oxygens (including phenoxy) is 1. The molecule has 4 rings (SSSR count). The second-order valence-electron chi connectivity index (χ2n) is 7.19. The molecule has 1 unspecified atom stereocenters. The summed E-state index contributed by atoms with van der Waals surface area (Å²) < 4.78 is 5.86. The van der Waals surface area contributed by atoms with Crippen molar-refractivity contribution in [1.82, 2.24) is 4.98 Å². The molecule has 1 atom stereocenters. The first-order valence-electron chi connectivity index (χ1n) is 9.44. The Morgan fingerprint density at radius 1 is 1.23 bits per heavy atom. The smallest absolute Gasteiger partial charge is 0.265 e. The molecule has 2 amide bonds. The molecule has 1 aliphatic rings. The van der Waals surface area contributed by atoms with Gasteiger partial charge in [0.2, 0.25) is 5.91 Å². The van der Waals surface area contributed by atoms with E-state index in [0.29, 0.717) is 33.0 Å². The number of nitrogens with one attached hydrogen (secondary N) is 1. The minimum absolute atomic E-state index is 0.141. The van der Waals surface area contributed by atoms with Crippen molar-refractivity contribution in [2.45, 2.75) is 26.3 Å². The average molecular weight is 444 g/mol. The zero-order valence-corrected chi connectivity index (χ0v) is 17.9. The van der Waals surface area contributed by atoms with Crippen molar-refractivity contribution < 1.29 is 14.3 Å². The highest BCUT2D eigenvalue weighted by Gasteiger charge is 2.30. The Morgan fingerprint density at radius 2 is 2.00 bits per heavy atom. The quantitative estimate of drug-likeness (QED) is 0.618. The van der Waals surface area contributed by atoms with Crippen molar-refractivity contribution in [3.63, 3.8) is 0 Å². The number of carbonyl (C=O) groups excluding carboxylic acids is 2. The second-order valence-corrected chi connectivity index (χ2v) is 8.00. The first kappa shape index (κ1) is 20.4. The van der Waals surface area contributed by atoms with Gasteiger partial charge in [-0.1, -0.05) is 35.3 Å². The number of halogens is 2. The van der Waals surface area contributed by atoms with Gasteiger partial charge >= 0.3 is 0 Å². The highest BCUT2D eigenvalue weighted by Crippen LogP contribution is 2.38. The summed E-state index contributed by atoms with van der Waals surface area (Å²) in [7, 11) is 0. The van der Waals surface area contributed by atoms with E-state index in [1.54, 1.807) is 23.1 Å². The van der Waals surface area contributed by atoms with Gasteiger partial charge in [-0.05, 0) is 44.2 Å². The van der Waals surface area contributed by atoms with Crippen molar-refractivity contribution in [2.24, 2.45) is 0 Å². The third-order valence-electron chi connectivity index (χ3n) is 4.95. The van der Waals surface area contributed by atoms with Crippen molar-refractivity contribution in [3.05, 3.63) is 58.2 Å². The fourth-order valence-electron chi connectivity index (χ4n) is 3.60. The monoisotopic (exact) mass is 443 g/mol. The summed E-state index contributed by atoms with van der Waals surface area (Å²) in [6, 6.07) is 12.1. The van der Waals surface area contributed by atoms with Crippen molar-refractivity contribution in [2.75, 3.05) is 16.8 Å². The van der Waals surface area contributed by atoms with Crippen molar-refractivity contribution in [1.29, 1.82) is 0 Å². The second kappa shape index (κ2) is 8.13. The summed E-state index contributed by atoms with van der Waals surface area (Å²) in [6.45, 7) is 3.41. The van der Waals surface area contributed by atoms with Crippen LogP contribution in [0.2, 0.25) is 10.0 Å². The van der Waals surface area contributed by atoms with Gasteiger partial charge in [-0.3, -0.25) is 9.59 Å². The minimum atomic E-state index is -0.331. The maximum Gasteiger partial charge on any atom is 0.265 e. The molecule has 30 heavy (non-hydrogen) atoms. The first-order valence-corrected chi connectivity index (χ1v) is 10.2. The lowest BCUT2D eigenvalue weighted by Crippen LogP contribution is -2.41. The number of para-hydroxylation sites is 2. The summed E-state index contributed by atoms with van der Waals surface area (Å²) in [4.78, 5) is 31.4. The summed E-state index contributed by atoms with van der Waals surface area (Å²) >= 11 is 12.6. The molecule has 0 bridgehead atoms. The molecular weight excluding hydrogens is 425 g/mol. The van der Waals surface area contributed by atoms with Gasteiger partial charge in [0.05, 0.1) is 21.4 Å². The SMILES string of the molecule is Cc1ccc2c(Cl)cc(Cl)c(OCC(=O)N3c4ccccc4NC(=O)CC3C)c2n1. The third kappa shape index (κ3) is 3.80. The highest BCUT2D eigenvalue weighted by atomic mass is 35.5. The van der Waals surface area contributed by atoms with E-state index in [0.717, 1.165) is 5.69 Å². The molecule has 8 heteroatoms. The normalized spacial score (nSPS) is 16.1. The lowest BCUT2D eigenvalue weighted by atomic mass is 10.1. The van der Waals surface area contributed by atoms with E-state index in [1.807, 2.05) is 38.1 Å². The predicted molar refractivity (Wildman–Crippen MR) is 119 cm³/mol. The number of nitrogens with zero attached hydrogens (tertiary/aromatic N) is 2. The van der Waals surface area contributed by atoms with Crippen LogP contribution < -0.4 is 15.0 Å². The van der Waals surface area contributed by atoms with Gasteiger partial charge in [0.25, 0.3) is 5.91 Å². The lowest BCUT2D eigenvalue weighted by Gasteiger charge is -2.28. The Labute approximate surface area is 183 Å². The van der Waals surface area contributed by atoms with Crippen LogP contribution in [0, 0.1) is 6.92 Å². The maximum absolute atomic E-state index is 13.2. The minimum Gasteiger partial charge on any atom is -0.480 e. The molecular formula is C22H19Cl2N3O3. The zero-order valence-electron chi connectivity index (χ0n) is 16.4. The molecule has 154 valence electrons. The van der Waals surface area contributed by atoms with Crippen LogP contribution in [0.5, 0.6) is 5.75 Å². The predicted octanol–water partition coefficient (Wildman–Crippen LogP) is 4.99. The van der Waals surface area contributed by atoms with Crippen LogP contribution in [0.3, 0.4) is 0 Å². The Morgan fingerprint density at radius 3 is 2.80 bits per heavy atom. The van der Waals surface area contributed by atoms with Gasteiger partial charge in [-0.25, -0.2) is 4.98 Å². The number of pyridine rings is 1. The topological polar surface area (TPSA) is 71.5 Å². The summed E-state index contributed by atoms with van der Waals surface area (Å²) in [6.07, 6.45) is 0.186. The van der Waals surface area contributed by atoms with E-state index in [2.05, 4.69) is 10.3 Å². The van der Waals surface area contributed by atoms with Crippen LogP contribution in [-0.2, 0) is 9.59 Å². The number of aromatic nitrogens is 1. The molecule has 0 fully saturated rings. The molecule has 1 aromatic heterocycles. The number of hydrogen-bond acceptors (Lipinski definition) is 4. The van der Waals surface area contributed by atoms with Gasteiger partial charge in [0, 0.05) is 23.5 Å². The Kier molecular flexibility index (Phi) is 5.54. The molecule has 0 radical (unpaired) electrons. The fourth-order valence-corrected chi connectivity index (χ4v) is 4.17. The molecule has 0 spiro atoms. The van der Waals surface area contributed by atoms with Crippen molar-refractivity contribution in [3.8, 4) is 5.75 Å². The van der Waals surface area contributed by atoms with Gasteiger partial charge in [-0.15, -0.1) is 0 Å². The van der Waals surface area contributed by atoms with Crippen LogP contribution in [0.25, 0.3) is 10.9 Å². The van der Waals surface area contributed by atoms with Gasteiger partial charge in [-0.2, -0.15) is 0 Å². The van der Waals surface area contributed by atoms with Crippen LogP contribution in [0.15, 0.2) is 42.5 Å². The van der Waals surface area contributed by atoms with Crippen LogP contribution >= 0.6 is 23.2 Å². The van der Waals surface area contributed by atoms with E-state index in [-0.39, 0.29) is 35.9 Å². The number of fused-ring (bicyclic) bond motifs is 2.